The van der Waals surface area contributed by atoms with Gasteiger partial charge in [-0.05, 0) is 29.6 Å². The van der Waals surface area contributed by atoms with Gasteiger partial charge in [0.15, 0.2) is 0 Å². The summed E-state index contributed by atoms with van der Waals surface area (Å²) in [6.07, 6.45) is -4.61. The molecule has 0 spiro atoms. The molecule has 0 aliphatic rings. The van der Waals surface area contributed by atoms with Gasteiger partial charge < -0.3 is 35.0 Å². The molecule has 2 heterocycles. The second-order valence-corrected chi connectivity index (χ2v) is 7.16. The zero-order chi connectivity index (χ0) is 20.3. The molecule has 148 valence electrons. The van der Waals surface area contributed by atoms with E-state index in [0.29, 0.717) is 22.9 Å². The minimum absolute atomic E-state index is 0.283. The summed E-state index contributed by atoms with van der Waals surface area (Å²) in [4.78, 5) is 24.4. The lowest BCUT2D eigenvalue weighted by molar-refractivity contribution is -0.117. The Morgan fingerprint density at radius 2 is 1.93 bits per heavy atom. The van der Waals surface area contributed by atoms with Crippen LogP contribution in [0.3, 0.4) is 0 Å². The van der Waals surface area contributed by atoms with Crippen LogP contribution in [0, 0.1) is 0 Å². The largest absolute Gasteiger partial charge is 0.422 e. The first-order valence-corrected chi connectivity index (χ1v) is 9.31. The van der Waals surface area contributed by atoms with Gasteiger partial charge in [-0.1, -0.05) is 6.07 Å². The van der Waals surface area contributed by atoms with Gasteiger partial charge in [-0.15, -0.1) is 11.3 Å². The minimum atomic E-state index is -1.72. The van der Waals surface area contributed by atoms with Gasteiger partial charge in [0.1, 0.15) is 36.2 Å². The highest BCUT2D eigenvalue weighted by atomic mass is 32.1. The van der Waals surface area contributed by atoms with Crippen molar-refractivity contribution in [3.05, 3.63) is 52.2 Å². The lowest BCUT2D eigenvalue weighted by atomic mass is 10.0. The number of nitrogens with one attached hydrogen (secondary N) is 1. The second kappa shape index (κ2) is 8.63. The Bertz CT molecular complexity index is 1000. The van der Waals surface area contributed by atoms with Crippen molar-refractivity contribution in [1.82, 2.24) is 0 Å². The van der Waals surface area contributed by atoms with Crippen LogP contribution in [-0.4, -0.2) is 57.7 Å². The summed E-state index contributed by atoms with van der Waals surface area (Å²) < 4.78 is 5.37. The van der Waals surface area contributed by atoms with E-state index in [-0.39, 0.29) is 5.58 Å². The van der Waals surface area contributed by atoms with Gasteiger partial charge in [0.05, 0.1) is 12.2 Å². The smallest absolute Gasteiger partial charge is 0.345 e. The van der Waals surface area contributed by atoms with Crippen molar-refractivity contribution in [2.45, 2.75) is 24.4 Å². The Hall–Kier alpha value is -2.56. The molecule has 0 saturated heterocycles. The third kappa shape index (κ3) is 4.13. The van der Waals surface area contributed by atoms with E-state index in [1.54, 1.807) is 18.2 Å². The van der Waals surface area contributed by atoms with Crippen molar-refractivity contribution in [3.8, 4) is 10.4 Å². The van der Waals surface area contributed by atoms with Crippen LogP contribution in [0.5, 0.6) is 0 Å². The minimum Gasteiger partial charge on any atom is -0.422 e. The number of aldehydes is 1. The number of benzene rings is 1. The van der Waals surface area contributed by atoms with Crippen LogP contribution in [0.25, 0.3) is 21.4 Å². The fourth-order valence-electron chi connectivity index (χ4n) is 2.74. The summed E-state index contributed by atoms with van der Waals surface area (Å²) in [7, 11) is 0. The lowest BCUT2D eigenvalue weighted by Crippen LogP contribution is -2.49. The van der Waals surface area contributed by atoms with Gasteiger partial charge in [-0.3, -0.25) is 0 Å². The molecular weight excluding hydrogens is 386 g/mol. The number of anilines is 1. The van der Waals surface area contributed by atoms with E-state index in [9.17, 15) is 24.9 Å². The maximum absolute atomic E-state index is 12.3. The van der Waals surface area contributed by atoms with Crippen molar-refractivity contribution >= 4 is 34.3 Å². The van der Waals surface area contributed by atoms with E-state index in [0.717, 1.165) is 4.88 Å². The molecule has 1 aromatic carbocycles. The molecule has 0 unspecified atom stereocenters. The molecule has 28 heavy (non-hydrogen) atoms. The number of aliphatic hydroxyl groups excluding tert-OH is 4. The molecule has 9 heteroatoms. The predicted octanol–water partition coefficient (Wildman–Crippen LogP) is 0.576. The van der Waals surface area contributed by atoms with E-state index >= 15 is 0 Å². The second-order valence-electron chi connectivity index (χ2n) is 6.21. The Balaban J connectivity index is 1.86. The molecule has 2 aromatic heterocycles. The molecule has 0 bridgehead atoms. The monoisotopic (exact) mass is 405 g/mol. The van der Waals surface area contributed by atoms with E-state index in [2.05, 4.69) is 5.32 Å². The molecule has 0 amide bonds. The van der Waals surface area contributed by atoms with Crippen molar-refractivity contribution in [3.63, 3.8) is 0 Å². The van der Waals surface area contributed by atoms with Gasteiger partial charge >= 0.3 is 5.63 Å². The fraction of sp³-hybridized carbons (Fsp3) is 0.263. The lowest BCUT2D eigenvalue weighted by Gasteiger charge is -2.26. The van der Waals surface area contributed by atoms with Crippen molar-refractivity contribution in [1.29, 1.82) is 0 Å². The van der Waals surface area contributed by atoms with E-state index < -0.39 is 36.6 Å². The molecule has 3 rings (SSSR count). The van der Waals surface area contributed by atoms with Crippen LogP contribution in [0.15, 0.2) is 51.0 Å². The number of hydrogen-bond donors (Lipinski definition) is 5. The van der Waals surface area contributed by atoms with Crippen LogP contribution in [0.2, 0.25) is 0 Å². The first-order valence-electron chi connectivity index (χ1n) is 8.43. The molecule has 0 saturated carbocycles. The summed E-state index contributed by atoms with van der Waals surface area (Å²) in [5.41, 5.74) is 0.595. The third-order valence-electron chi connectivity index (χ3n) is 4.30. The first-order chi connectivity index (χ1) is 13.4. The summed E-state index contributed by atoms with van der Waals surface area (Å²) in [6, 6.07) is 8.91. The number of aliphatic hydroxyl groups is 4. The van der Waals surface area contributed by atoms with Crippen molar-refractivity contribution < 1.29 is 29.6 Å². The summed E-state index contributed by atoms with van der Waals surface area (Å²) in [5.74, 6) is 0. The Morgan fingerprint density at radius 3 is 2.57 bits per heavy atom. The van der Waals surface area contributed by atoms with Gasteiger partial charge in [0.2, 0.25) is 0 Å². The molecule has 5 N–H and O–H groups in total. The third-order valence-corrected chi connectivity index (χ3v) is 5.20. The number of rotatable bonds is 8. The zero-order valence-electron chi connectivity index (χ0n) is 14.6. The van der Waals surface area contributed by atoms with Gasteiger partial charge in [-0.2, -0.15) is 0 Å². The van der Waals surface area contributed by atoms with Crippen LogP contribution >= 0.6 is 11.3 Å². The van der Waals surface area contributed by atoms with Gasteiger partial charge in [0.25, 0.3) is 0 Å². The molecule has 0 aliphatic carbocycles. The van der Waals surface area contributed by atoms with Gasteiger partial charge in [-0.25, -0.2) is 4.79 Å². The van der Waals surface area contributed by atoms with Crippen LogP contribution < -0.4 is 10.9 Å². The Labute approximate surface area is 163 Å². The summed E-state index contributed by atoms with van der Waals surface area (Å²) >= 11 is 1.42. The molecule has 8 nitrogen and oxygen atoms in total. The van der Waals surface area contributed by atoms with Crippen LogP contribution in [0.1, 0.15) is 0 Å². The van der Waals surface area contributed by atoms with Crippen LogP contribution in [0.4, 0.5) is 5.69 Å². The maximum Gasteiger partial charge on any atom is 0.345 e. The highest BCUT2D eigenvalue weighted by molar-refractivity contribution is 7.13. The first kappa shape index (κ1) is 20.2. The highest BCUT2D eigenvalue weighted by Crippen LogP contribution is 2.26. The van der Waals surface area contributed by atoms with Gasteiger partial charge in [0, 0.05) is 22.0 Å². The molecule has 4 atom stereocenters. The number of hydrogen-bond acceptors (Lipinski definition) is 9. The summed E-state index contributed by atoms with van der Waals surface area (Å²) in [6.45, 7) is -0.766. The van der Waals surface area contributed by atoms with E-state index in [1.807, 2.05) is 17.5 Å². The number of fused-ring (bicyclic) bond motifs is 1. The molecule has 0 aliphatic heterocycles. The zero-order valence-corrected chi connectivity index (χ0v) is 15.4. The number of thiophene rings is 1. The Morgan fingerprint density at radius 1 is 1.14 bits per heavy atom. The average Bonchev–Trinajstić information content (AvgIpc) is 3.24. The Kier molecular flexibility index (Phi) is 6.22. The predicted molar refractivity (Wildman–Crippen MR) is 104 cm³/mol. The van der Waals surface area contributed by atoms with Crippen molar-refractivity contribution in [2.24, 2.45) is 0 Å². The highest BCUT2D eigenvalue weighted by Gasteiger charge is 2.31. The molecular formula is C19H19NO7S. The van der Waals surface area contributed by atoms with Crippen molar-refractivity contribution in [2.75, 3.05) is 11.9 Å². The molecule has 0 radical (unpaired) electrons. The molecule has 3 aromatic rings. The molecule has 0 fully saturated rings. The topological polar surface area (TPSA) is 140 Å². The maximum atomic E-state index is 12.3. The normalized spacial score (nSPS) is 15.7. The van der Waals surface area contributed by atoms with E-state index in [4.69, 9.17) is 9.52 Å². The quantitative estimate of drug-likeness (QED) is 0.271. The number of carbonyl (C=O) groups is 1. The SMILES string of the molecule is O=C[C@H](Nc1ccc2cc(-c3cccs3)c(=O)oc2c1)[C@@H](O)[C@H](O)[C@H](O)CO. The summed E-state index contributed by atoms with van der Waals surface area (Å²) in [5, 5.41) is 43.4. The van der Waals surface area contributed by atoms with E-state index in [1.165, 1.54) is 17.4 Å². The van der Waals surface area contributed by atoms with Crippen LogP contribution in [-0.2, 0) is 4.79 Å². The standard InChI is InChI=1S/C19H19NO7S/c21-8-13(17(24)18(25)14(23)9-22)20-11-4-3-10-6-12(16-2-1-5-28-16)19(26)27-15(10)7-11/h1-8,13-14,17-18,20,22-25H,9H2/t13-,14+,17+,18+/m0/s1. The number of carbonyl (C=O) groups excluding carboxylic acids is 1. The fourth-order valence-corrected chi connectivity index (χ4v) is 3.48. The average molecular weight is 405 g/mol.